The van der Waals surface area contributed by atoms with Crippen LogP contribution in [-0.4, -0.2) is 27.7 Å². The Bertz CT molecular complexity index is 228. The van der Waals surface area contributed by atoms with Gasteiger partial charge in [0.05, 0.1) is 6.10 Å². The summed E-state index contributed by atoms with van der Waals surface area (Å²) in [4.78, 5) is 4.00. The highest BCUT2D eigenvalue weighted by Crippen LogP contribution is 2.07. The third kappa shape index (κ3) is 4.29. The fraction of sp³-hybridized carbons (Fsp3) is 0.500. The predicted octanol–water partition coefficient (Wildman–Crippen LogP) is 1.74. The molecule has 72 valence electrons. The fourth-order valence-electron chi connectivity index (χ4n) is 1.10. The van der Waals surface area contributed by atoms with Crippen molar-refractivity contribution in [3.63, 3.8) is 0 Å². The first-order valence-corrected chi connectivity index (χ1v) is 5.63. The highest BCUT2D eigenvalue weighted by Gasteiger charge is 2.04. The first-order chi connectivity index (χ1) is 6.33. The maximum atomic E-state index is 9.59. The molecular weight excluding hydrogens is 182 g/mol. The number of aromatic nitrogens is 1. The van der Waals surface area contributed by atoms with Gasteiger partial charge in [-0.3, -0.25) is 4.98 Å². The van der Waals surface area contributed by atoms with Crippen LogP contribution in [0.2, 0.25) is 0 Å². The van der Waals surface area contributed by atoms with Gasteiger partial charge in [0.15, 0.2) is 0 Å². The number of rotatable bonds is 5. The van der Waals surface area contributed by atoms with Crippen molar-refractivity contribution in [3.05, 3.63) is 30.1 Å². The topological polar surface area (TPSA) is 33.1 Å². The summed E-state index contributed by atoms with van der Waals surface area (Å²) in [7, 11) is 0. The molecule has 0 aliphatic rings. The molecule has 0 amide bonds. The monoisotopic (exact) mass is 197 g/mol. The van der Waals surface area contributed by atoms with Gasteiger partial charge in [0.2, 0.25) is 0 Å². The van der Waals surface area contributed by atoms with Gasteiger partial charge in [-0.15, -0.1) is 0 Å². The molecule has 1 unspecified atom stereocenters. The molecule has 1 N–H and O–H groups in total. The molecule has 1 aromatic heterocycles. The zero-order valence-electron chi connectivity index (χ0n) is 7.81. The van der Waals surface area contributed by atoms with Gasteiger partial charge in [-0.05, 0) is 17.4 Å². The predicted molar refractivity (Wildman–Crippen MR) is 56.9 cm³/mol. The van der Waals surface area contributed by atoms with Crippen LogP contribution in [0.4, 0.5) is 0 Å². The number of aliphatic hydroxyl groups excluding tert-OH is 1. The van der Waals surface area contributed by atoms with E-state index in [0.29, 0.717) is 6.42 Å². The molecule has 0 bridgehead atoms. The van der Waals surface area contributed by atoms with E-state index < -0.39 is 0 Å². The molecular formula is C10H15NOS. The average molecular weight is 197 g/mol. The van der Waals surface area contributed by atoms with Crippen molar-refractivity contribution >= 4 is 11.8 Å². The quantitative estimate of drug-likeness (QED) is 0.780. The standard InChI is InChI=1S/C10H15NOS/c1-2-13-8-10(12)6-9-4-3-5-11-7-9/h3-5,7,10,12H,2,6,8H2,1H3. The van der Waals surface area contributed by atoms with Crippen molar-refractivity contribution in [2.45, 2.75) is 19.4 Å². The molecule has 1 aromatic rings. The van der Waals surface area contributed by atoms with Crippen LogP contribution in [0.3, 0.4) is 0 Å². The normalized spacial score (nSPS) is 12.8. The van der Waals surface area contributed by atoms with Gasteiger partial charge in [-0.1, -0.05) is 13.0 Å². The molecule has 0 spiro atoms. The second-order valence-corrected chi connectivity index (χ2v) is 4.20. The van der Waals surface area contributed by atoms with Crippen molar-refractivity contribution in [1.82, 2.24) is 4.98 Å². The Hall–Kier alpha value is -0.540. The van der Waals surface area contributed by atoms with E-state index in [1.807, 2.05) is 12.1 Å². The first-order valence-electron chi connectivity index (χ1n) is 4.47. The number of nitrogens with zero attached hydrogens (tertiary/aromatic N) is 1. The third-order valence-corrected chi connectivity index (χ3v) is 2.74. The molecule has 0 aliphatic heterocycles. The van der Waals surface area contributed by atoms with Crippen LogP contribution in [0.25, 0.3) is 0 Å². The highest BCUT2D eigenvalue weighted by molar-refractivity contribution is 7.99. The molecule has 0 radical (unpaired) electrons. The van der Waals surface area contributed by atoms with E-state index in [0.717, 1.165) is 17.1 Å². The highest BCUT2D eigenvalue weighted by atomic mass is 32.2. The average Bonchev–Trinajstić information content (AvgIpc) is 2.16. The summed E-state index contributed by atoms with van der Waals surface area (Å²) < 4.78 is 0. The van der Waals surface area contributed by atoms with E-state index in [1.165, 1.54) is 0 Å². The van der Waals surface area contributed by atoms with Crippen LogP contribution in [0, 0.1) is 0 Å². The van der Waals surface area contributed by atoms with Crippen molar-refractivity contribution in [3.8, 4) is 0 Å². The van der Waals surface area contributed by atoms with Gasteiger partial charge >= 0.3 is 0 Å². The summed E-state index contributed by atoms with van der Waals surface area (Å²) >= 11 is 1.77. The first kappa shape index (κ1) is 10.5. The molecule has 1 atom stereocenters. The molecule has 0 aromatic carbocycles. The number of hydrogen-bond donors (Lipinski definition) is 1. The summed E-state index contributed by atoms with van der Waals surface area (Å²) in [6.45, 7) is 2.10. The maximum Gasteiger partial charge on any atom is 0.0671 e. The van der Waals surface area contributed by atoms with Gasteiger partial charge in [-0.25, -0.2) is 0 Å². The van der Waals surface area contributed by atoms with Crippen LogP contribution in [0.15, 0.2) is 24.5 Å². The lowest BCUT2D eigenvalue weighted by atomic mass is 10.1. The van der Waals surface area contributed by atoms with Crippen LogP contribution in [0.5, 0.6) is 0 Å². The Balaban J connectivity index is 2.32. The van der Waals surface area contributed by atoms with Crippen molar-refractivity contribution in [2.24, 2.45) is 0 Å². The van der Waals surface area contributed by atoms with Gasteiger partial charge in [-0.2, -0.15) is 11.8 Å². The SMILES string of the molecule is CCSCC(O)Cc1cccnc1. The van der Waals surface area contributed by atoms with E-state index in [4.69, 9.17) is 0 Å². The minimum absolute atomic E-state index is 0.242. The molecule has 1 heterocycles. The lowest BCUT2D eigenvalue weighted by Crippen LogP contribution is -2.13. The number of aliphatic hydroxyl groups is 1. The molecule has 13 heavy (non-hydrogen) atoms. The Morgan fingerprint density at radius 2 is 2.46 bits per heavy atom. The molecule has 3 heteroatoms. The fourth-order valence-corrected chi connectivity index (χ4v) is 1.73. The molecule has 0 saturated heterocycles. The molecule has 0 saturated carbocycles. The molecule has 1 rings (SSSR count). The van der Waals surface area contributed by atoms with Crippen LogP contribution < -0.4 is 0 Å². The van der Waals surface area contributed by atoms with Crippen molar-refractivity contribution < 1.29 is 5.11 Å². The summed E-state index contributed by atoms with van der Waals surface area (Å²) in [5.74, 6) is 1.87. The molecule has 0 aliphatic carbocycles. The van der Waals surface area contributed by atoms with Crippen molar-refractivity contribution in [2.75, 3.05) is 11.5 Å². The smallest absolute Gasteiger partial charge is 0.0671 e. The minimum atomic E-state index is -0.242. The molecule has 0 fully saturated rings. The van der Waals surface area contributed by atoms with E-state index in [1.54, 1.807) is 24.2 Å². The van der Waals surface area contributed by atoms with Gasteiger partial charge in [0.1, 0.15) is 0 Å². The summed E-state index contributed by atoms with van der Waals surface area (Å²) in [5, 5.41) is 9.59. The Labute approximate surface area is 83.4 Å². The van der Waals surface area contributed by atoms with E-state index in [9.17, 15) is 5.11 Å². The maximum absolute atomic E-state index is 9.59. The summed E-state index contributed by atoms with van der Waals surface area (Å²) in [6.07, 6.45) is 4.02. The van der Waals surface area contributed by atoms with E-state index in [2.05, 4.69) is 11.9 Å². The van der Waals surface area contributed by atoms with Gasteiger partial charge in [0.25, 0.3) is 0 Å². The largest absolute Gasteiger partial charge is 0.392 e. The zero-order valence-corrected chi connectivity index (χ0v) is 8.63. The van der Waals surface area contributed by atoms with Gasteiger partial charge < -0.3 is 5.11 Å². The number of pyridine rings is 1. The van der Waals surface area contributed by atoms with Crippen LogP contribution in [0.1, 0.15) is 12.5 Å². The zero-order chi connectivity index (χ0) is 9.52. The number of hydrogen-bond acceptors (Lipinski definition) is 3. The van der Waals surface area contributed by atoms with Crippen molar-refractivity contribution in [1.29, 1.82) is 0 Å². The Morgan fingerprint density at radius 1 is 1.62 bits per heavy atom. The summed E-state index contributed by atoms with van der Waals surface area (Å²) in [5.41, 5.74) is 1.10. The second-order valence-electron chi connectivity index (χ2n) is 2.88. The second kappa shape index (κ2) is 6.00. The van der Waals surface area contributed by atoms with Crippen LogP contribution >= 0.6 is 11.8 Å². The lowest BCUT2D eigenvalue weighted by molar-refractivity contribution is 0.200. The molecule has 2 nitrogen and oxygen atoms in total. The lowest BCUT2D eigenvalue weighted by Gasteiger charge is -2.08. The Morgan fingerprint density at radius 3 is 3.08 bits per heavy atom. The van der Waals surface area contributed by atoms with E-state index >= 15 is 0 Å². The third-order valence-electron chi connectivity index (χ3n) is 1.71. The van der Waals surface area contributed by atoms with Crippen LogP contribution in [-0.2, 0) is 6.42 Å². The minimum Gasteiger partial charge on any atom is -0.392 e. The number of thioether (sulfide) groups is 1. The Kier molecular flexibility index (Phi) is 4.86. The van der Waals surface area contributed by atoms with E-state index in [-0.39, 0.29) is 6.10 Å². The summed E-state index contributed by atoms with van der Waals surface area (Å²) in [6, 6.07) is 3.89. The van der Waals surface area contributed by atoms with Gasteiger partial charge in [0, 0.05) is 24.6 Å².